The van der Waals surface area contributed by atoms with E-state index in [9.17, 15) is 4.79 Å². The molecule has 24 heavy (non-hydrogen) atoms. The number of hydrogen-bond donors (Lipinski definition) is 1. The average Bonchev–Trinajstić information content (AvgIpc) is 3.15. The van der Waals surface area contributed by atoms with E-state index < -0.39 is 0 Å². The van der Waals surface area contributed by atoms with E-state index >= 15 is 0 Å². The van der Waals surface area contributed by atoms with Crippen LogP contribution in [0.5, 0.6) is 0 Å². The van der Waals surface area contributed by atoms with E-state index in [1.54, 1.807) is 16.4 Å². The van der Waals surface area contributed by atoms with Crippen molar-refractivity contribution in [2.45, 2.75) is 6.42 Å². The lowest BCUT2D eigenvalue weighted by Gasteiger charge is -2.06. The molecule has 1 heterocycles. The van der Waals surface area contributed by atoms with Crippen LogP contribution in [-0.4, -0.2) is 37.6 Å². The molecule has 0 fully saturated rings. The highest BCUT2D eigenvalue weighted by Crippen LogP contribution is 2.13. The van der Waals surface area contributed by atoms with Gasteiger partial charge >= 0.3 is 0 Å². The Morgan fingerprint density at radius 3 is 2.58 bits per heavy atom. The Balaban J connectivity index is 1.42. The summed E-state index contributed by atoms with van der Waals surface area (Å²) in [5.74, 6) is 1.38. The first-order chi connectivity index (χ1) is 11.8. The van der Waals surface area contributed by atoms with Gasteiger partial charge in [-0.3, -0.25) is 4.79 Å². The number of benzene rings is 2. The number of tetrazole rings is 1. The third kappa shape index (κ3) is 4.66. The van der Waals surface area contributed by atoms with Crippen molar-refractivity contribution in [1.29, 1.82) is 0 Å². The number of hydrogen-bond acceptors (Lipinski definition) is 5. The zero-order chi connectivity index (χ0) is 16.6. The van der Waals surface area contributed by atoms with Crippen LogP contribution >= 0.6 is 11.8 Å². The molecule has 0 aliphatic carbocycles. The lowest BCUT2D eigenvalue weighted by Crippen LogP contribution is -2.14. The van der Waals surface area contributed by atoms with Crippen LogP contribution in [-0.2, 0) is 11.2 Å². The summed E-state index contributed by atoms with van der Waals surface area (Å²) in [7, 11) is 0. The molecule has 0 saturated heterocycles. The van der Waals surface area contributed by atoms with Crippen LogP contribution in [0.3, 0.4) is 0 Å². The van der Waals surface area contributed by atoms with E-state index in [2.05, 4.69) is 33.0 Å². The number of thioether (sulfide) groups is 1. The minimum absolute atomic E-state index is 0.00299. The molecule has 122 valence electrons. The zero-order valence-electron chi connectivity index (χ0n) is 13.0. The van der Waals surface area contributed by atoms with Gasteiger partial charge in [0.15, 0.2) is 0 Å². The molecular formula is C17H17N5OS. The van der Waals surface area contributed by atoms with Crippen LogP contribution in [0.25, 0.3) is 5.69 Å². The summed E-state index contributed by atoms with van der Waals surface area (Å²) in [5, 5.41) is 13.9. The molecule has 1 N–H and O–H groups in total. The third-order valence-electron chi connectivity index (χ3n) is 3.38. The molecule has 3 rings (SSSR count). The van der Waals surface area contributed by atoms with Crippen molar-refractivity contribution in [3.8, 4) is 5.69 Å². The standard InChI is InChI=1S/C17H17N5OS/c23-17(12-24-11-10-14-4-2-1-3-5-14)19-15-6-8-16(9-7-15)22-13-18-20-21-22/h1-9,13H,10-12H2,(H,19,23). The number of carbonyl (C=O) groups excluding carboxylic acids is 1. The van der Waals surface area contributed by atoms with Gasteiger partial charge in [-0.1, -0.05) is 30.3 Å². The maximum Gasteiger partial charge on any atom is 0.234 e. The number of nitrogens with zero attached hydrogens (tertiary/aromatic N) is 4. The van der Waals surface area contributed by atoms with Gasteiger partial charge < -0.3 is 5.32 Å². The number of carbonyl (C=O) groups is 1. The molecule has 0 bridgehead atoms. The van der Waals surface area contributed by atoms with Crippen molar-refractivity contribution >= 4 is 23.4 Å². The predicted molar refractivity (Wildman–Crippen MR) is 95.3 cm³/mol. The van der Waals surface area contributed by atoms with Crippen molar-refractivity contribution in [3.05, 3.63) is 66.5 Å². The highest BCUT2D eigenvalue weighted by Gasteiger charge is 2.04. The Morgan fingerprint density at radius 2 is 1.88 bits per heavy atom. The first-order valence-electron chi connectivity index (χ1n) is 7.56. The number of rotatable bonds is 7. The van der Waals surface area contributed by atoms with Gasteiger partial charge in [0.25, 0.3) is 0 Å². The highest BCUT2D eigenvalue weighted by molar-refractivity contribution is 7.99. The van der Waals surface area contributed by atoms with Crippen LogP contribution in [0.1, 0.15) is 5.56 Å². The van der Waals surface area contributed by atoms with E-state index in [0.717, 1.165) is 23.5 Å². The molecule has 7 heteroatoms. The average molecular weight is 339 g/mol. The molecule has 0 spiro atoms. The second kappa shape index (κ2) is 8.26. The second-order valence-electron chi connectivity index (χ2n) is 5.14. The van der Waals surface area contributed by atoms with E-state index in [1.807, 2.05) is 42.5 Å². The van der Waals surface area contributed by atoms with Crippen molar-refractivity contribution in [1.82, 2.24) is 20.2 Å². The van der Waals surface area contributed by atoms with Crippen molar-refractivity contribution in [2.24, 2.45) is 0 Å². The summed E-state index contributed by atoms with van der Waals surface area (Å²) < 4.78 is 1.56. The number of aromatic nitrogens is 4. The van der Waals surface area contributed by atoms with E-state index in [1.165, 1.54) is 11.9 Å². The van der Waals surface area contributed by atoms with Gasteiger partial charge in [0.1, 0.15) is 6.33 Å². The van der Waals surface area contributed by atoms with E-state index in [0.29, 0.717) is 5.75 Å². The molecule has 6 nitrogen and oxygen atoms in total. The number of anilines is 1. The van der Waals surface area contributed by atoms with Gasteiger partial charge in [0.2, 0.25) is 5.91 Å². The lowest BCUT2D eigenvalue weighted by atomic mass is 10.2. The zero-order valence-corrected chi connectivity index (χ0v) is 13.8. The summed E-state index contributed by atoms with van der Waals surface area (Å²) in [4.78, 5) is 12.0. The van der Waals surface area contributed by atoms with Gasteiger partial charge in [-0.15, -0.1) is 5.10 Å². The van der Waals surface area contributed by atoms with Crippen LogP contribution in [0.4, 0.5) is 5.69 Å². The first-order valence-corrected chi connectivity index (χ1v) is 8.72. The van der Waals surface area contributed by atoms with Crippen molar-refractivity contribution in [2.75, 3.05) is 16.8 Å². The third-order valence-corrected chi connectivity index (χ3v) is 4.33. The Hall–Kier alpha value is -2.67. The van der Waals surface area contributed by atoms with Crippen LogP contribution in [0.2, 0.25) is 0 Å². The summed E-state index contributed by atoms with van der Waals surface area (Å²) in [6.07, 6.45) is 2.50. The Bertz CT molecular complexity index is 759. The topological polar surface area (TPSA) is 72.7 Å². The Morgan fingerprint density at radius 1 is 1.08 bits per heavy atom. The molecule has 2 aromatic carbocycles. The quantitative estimate of drug-likeness (QED) is 0.670. The second-order valence-corrected chi connectivity index (χ2v) is 6.24. The SMILES string of the molecule is O=C(CSCCc1ccccc1)Nc1ccc(-n2cnnn2)cc1. The molecule has 3 aromatic rings. The van der Waals surface area contributed by atoms with Gasteiger partial charge in [0.05, 0.1) is 11.4 Å². The van der Waals surface area contributed by atoms with E-state index in [-0.39, 0.29) is 5.91 Å². The minimum Gasteiger partial charge on any atom is -0.325 e. The number of amides is 1. The van der Waals surface area contributed by atoms with Gasteiger partial charge in [-0.05, 0) is 52.4 Å². The molecular weight excluding hydrogens is 322 g/mol. The van der Waals surface area contributed by atoms with Crippen LogP contribution in [0, 0.1) is 0 Å². The summed E-state index contributed by atoms with van der Waals surface area (Å²) in [5.41, 5.74) is 2.90. The first kappa shape index (κ1) is 16.2. The summed E-state index contributed by atoms with van der Waals surface area (Å²) >= 11 is 1.63. The molecule has 0 radical (unpaired) electrons. The van der Waals surface area contributed by atoms with Crippen molar-refractivity contribution in [3.63, 3.8) is 0 Å². The Labute approximate surface area is 144 Å². The molecule has 0 saturated carbocycles. The largest absolute Gasteiger partial charge is 0.325 e. The minimum atomic E-state index is 0.00299. The summed E-state index contributed by atoms with van der Waals surface area (Å²) in [6, 6.07) is 17.7. The van der Waals surface area contributed by atoms with Crippen LogP contribution in [0.15, 0.2) is 60.9 Å². The molecule has 1 amide bonds. The van der Waals surface area contributed by atoms with E-state index in [4.69, 9.17) is 0 Å². The number of nitrogens with one attached hydrogen (secondary N) is 1. The fourth-order valence-corrected chi connectivity index (χ4v) is 2.96. The fourth-order valence-electron chi connectivity index (χ4n) is 2.17. The van der Waals surface area contributed by atoms with Gasteiger partial charge in [-0.2, -0.15) is 11.8 Å². The molecule has 0 aliphatic heterocycles. The fraction of sp³-hybridized carbons (Fsp3) is 0.176. The van der Waals surface area contributed by atoms with Gasteiger partial charge in [-0.25, -0.2) is 4.68 Å². The summed E-state index contributed by atoms with van der Waals surface area (Å²) in [6.45, 7) is 0. The molecule has 0 unspecified atom stereocenters. The molecule has 1 aromatic heterocycles. The number of aryl methyl sites for hydroxylation is 1. The normalized spacial score (nSPS) is 10.5. The smallest absolute Gasteiger partial charge is 0.234 e. The maximum atomic E-state index is 12.0. The predicted octanol–water partition coefficient (Wildman–Crippen LogP) is 2.58. The van der Waals surface area contributed by atoms with Crippen molar-refractivity contribution < 1.29 is 4.79 Å². The molecule has 0 atom stereocenters. The molecule has 0 aliphatic rings. The monoisotopic (exact) mass is 339 g/mol. The van der Waals surface area contributed by atoms with Gasteiger partial charge in [0, 0.05) is 5.69 Å². The lowest BCUT2D eigenvalue weighted by molar-refractivity contribution is -0.113. The highest BCUT2D eigenvalue weighted by atomic mass is 32.2. The Kier molecular flexibility index (Phi) is 5.57. The maximum absolute atomic E-state index is 12.0. The van der Waals surface area contributed by atoms with Crippen LogP contribution < -0.4 is 5.32 Å².